The van der Waals surface area contributed by atoms with Crippen LogP contribution in [0.1, 0.15) is 17.0 Å². The highest BCUT2D eigenvalue weighted by atomic mass is 32.2. The van der Waals surface area contributed by atoms with Crippen LogP contribution in [0, 0.1) is 6.92 Å². The molecule has 2 heterocycles. The molecule has 1 aromatic heterocycles. The van der Waals surface area contributed by atoms with Crippen molar-refractivity contribution in [2.45, 2.75) is 24.3 Å². The van der Waals surface area contributed by atoms with E-state index in [0.29, 0.717) is 11.7 Å². The predicted molar refractivity (Wildman–Crippen MR) is 71.3 cm³/mol. The molecule has 0 spiro atoms. The number of hydrogen-bond acceptors (Lipinski definition) is 3. The van der Waals surface area contributed by atoms with E-state index >= 15 is 0 Å². The zero-order chi connectivity index (χ0) is 11.8. The van der Waals surface area contributed by atoms with E-state index in [0.717, 1.165) is 17.9 Å². The van der Waals surface area contributed by atoms with Gasteiger partial charge in [0.2, 0.25) is 0 Å². The van der Waals surface area contributed by atoms with E-state index in [1.54, 1.807) is 0 Å². The molecule has 4 heteroatoms. The van der Waals surface area contributed by atoms with Crippen LogP contribution < -0.4 is 5.73 Å². The van der Waals surface area contributed by atoms with Gasteiger partial charge in [-0.3, -0.25) is 4.68 Å². The van der Waals surface area contributed by atoms with Crippen molar-refractivity contribution in [3.05, 3.63) is 41.6 Å². The molecule has 1 atom stereocenters. The molecule has 1 aromatic carbocycles. The molecule has 1 aliphatic heterocycles. The minimum Gasteiger partial charge on any atom is -0.382 e. The molecule has 3 nitrogen and oxygen atoms in total. The van der Waals surface area contributed by atoms with Crippen LogP contribution in [-0.2, 0) is 6.54 Å². The molecule has 1 aliphatic rings. The van der Waals surface area contributed by atoms with Crippen LogP contribution in [0.5, 0.6) is 0 Å². The van der Waals surface area contributed by atoms with Crippen molar-refractivity contribution in [2.75, 3.05) is 11.5 Å². The summed E-state index contributed by atoms with van der Waals surface area (Å²) in [7, 11) is 0. The Hall–Kier alpha value is -1.42. The third-order valence-corrected chi connectivity index (χ3v) is 4.44. The summed E-state index contributed by atoms with van der Waals surface area (Å²) in [4.78, 5) is 1.41. The van der Waals surface area contributed by atoms with Gasteiger partial charge in [-0.2, -0.15) is 5.10 Å². The lowest BCUT2D eigenvalue weighted by Crippen LogP contribution is -2.09. The highest BCUT2D eigenvalue weighted by Gasteiger charge is 2.23. The van der Waals surface area contributed by atoms with Gasteiger partial charge in [0, 0.05) is 34.9 Å². The first-order valence-corrected chi connectivity index (χ1v) is 6.74. The molecule has 0 amide bonds. The molecular formula is C13H15N3S. The van der Waals surface area contributed by atoms with Gasteiger partial charge in [-0.25, -0.2) is 0 Å². The Bertz CT molecular complexity index is 528. The van der Waals surface area contributed by atoms with Gasteiger partial charge in [0.25, 0.3) is 0 Å². The fraction of sp³-hybridized carbons (Fsp3) is 0.308. The number of nitrogens with two attached hydrogens (primary N) is 1. The van der Waals surface area contributed by atoms with Crippen molar-refractivity contribution >= 4 is 17.6 Å². The van der Waals surface area contributed by atoms with E-state index < -0.39 is 0 Å². The molecule has 3 rings (SSSR count). The number of aromatic nitrogens is 2. The maximum absolute atomic E-state index is 5.77. The van der Waals surface area contributed by atoms with Crippen LogP contribution in [0.4, 0.5) is 5.82 Å². The Labute approximate surface area is 105 Å². The van der Waals surface area contributed by atoms with E-state index in [4.69, 9.17) is 5.73 Å². The number of benzene rings is 1. The maximum atomic E-state index is 5.77. The van der Waals surface area contributed by atoms with E-state index in [1.807, 2.05) is 29.6 Å². The van der Waals surface area contributed by atoms with Gasteiger partial charge in [0.15, 0.2) is 0 Å². The molecule has 88 valence electrons. The van der Waals surface area contributed by atoms with Gasteiger partial charge in [-0.15, -0.1) is 11.8 Å². The molecule has 2 N–H and O–H groups in total. The molecule has 0 radical (unpaired) electrons. The lowest BCUT2D eigenvalue weighted by atomic mass is 10.0. The number of fused-ring (bicyclic) bond motifs is 1. The monoisotopic (exact) mass is 245 g/mol. The van der Waals surface area contributed by atoms with Gasteiger partial charge in [0.1, 0.15) is 5.82 Å². The minimum atomic E-state index is 0.551. The first-order chi connectivity index (χ1) is 8.24. The SMILES string of the molecule is Cc1cn(CC2CSc3ccccc32)nc1N. The highest BCUT2D eigenvalue weighted by molar-refractivity contribution is 7.99. The third kappa shape index (κ3) is 1.93. The third-order valence-electron chi connectivity index (χ3n) is 3.19. The van der Waals surface area contributed by atoms with Gasteiger partial charge in [0.05, 0.1) is 0 Å². The summed E-state index contributed by atoms with van der Waals surface area (Å²) in [5.74, 6) is 2.33. The number of aryl methyl sites for hydroxylation is 1. The van der Waals surface area contributed by atoms with Crippen molar-refractivity contribution in [2.24, 2.45) is 0 Å². The van der Waals surface area contributed by atoms with Gasteiger partial charge < -0.3 is 5.73 Å². The van der Waals surface area contributed by atoms with Crippen molar-refractivity contribution in [1.82, 2.24) is 9.78 Å². The Morgan fingerprint density at radius 1 is 1.47 bits per heavy atom. The van der Waals surface area contributed by atoms with E-state index in [9.17, 15) is 0 Å². The standard InChI is InChI=1S/C13H15N3S/c1-9-6-16(15-13(9)14)7-10-8-17-12-5-3-2-4-11(10)12/h2-6,10H,7-8H2,1H3,(H2,14,15). The van der Waals surface area contributed by atoms with Gasteiger partial charge in [-0.05, 0) is 18.6 Å². The summed E-state index contributed by atoms with van der Waals surface area (Å²) in [6.45, 7) is 2.91. The fourth-order valence-electron chi connectivity index (χ4n) is 2.24. The first-order valence-electron chi connectivity index (χ1n) is 5.75. The Morgan fingerprint density at radius 3 is 3.06 bits per heavy atom. The van der Waals surface area contributed by atoms with E-state index in [1.165, 1.54) is 10.5 Å². The summed E-state index contributed by atoms with van der Waals surface area (Å²) in [5.41, 5.74) is 8.28. The summed E-state index contributed by atoms with van der Waals surface area (Å²) in [6.07, 6.45) is 2.03. The molecular weight excluding hydrogens is 230 g/mol. The average Bonchev–Trinajstić information content (AvgIpc) is 2.85. The number of thioether (sulfide) groups is 1. The molecule has 1 unspecified atom stereocenters. The van der Waals surface area contributed by atoms with Crippen molar-refractivity contribution in [3.8, 4) is 0 Å². The second-order valence-corrected chi connectivity index (χ2v) is 5.53. The van der Waals surface area contributed by atoms with Gasteiger partial charge >= 0.3 is 0 Å². The fourth-order valence-corrected chi connectivity index (χ4v) is 3.48. The summed E-state index contributed by atoms with van der Waals surface area (Å²) in [5, 5.41) is 4.33. The van der Waals surface area contributed by atoms with Crippen LogP contribution in [-0.4, -0.2) is 15.5 Å². The van der Waals surface area contributed by atoms with Crippen LogP contribution in [0.3, 0.4) is 0 Å². The molecule has 17 heavy (non-hydrogen) atoms. The lowest BCUT2D eigenvalue weighted by Gasteiger charge is -2.10. The number of anilines is 1. The van der Waals surface area contributed by atoms with Crippen molar-refractivity contribution in [1.29, 1.82) is 0 Å². The first kappa shape index (κ1) is 10.7. The van der Waals surface area contributed by atoms with Crippen LogP contribution >= 0.6 is 11.8 Å². The molecule has 0 saturated carbocycles. The molecule has 2 aromatic rings. The molecule has 0 fully saturated rings. The number of hydrogen-bond donors (Lipinski definition) is 1. The topological polar surface area (TPSA) is 43.8 Å². The van der Waals surface area contributed by atoms with Crippen molar-refractivity contribution < 1.29 is 0 Å². The Balaban J connectivity index is 1.84. The second kappa shape index (κ2) is 4.11. The smallest absolute Gasteiger partial charge is 0.148 e. The van der Waals surface area contributed by atoms with Crippen LogP contribution in [0.25, 0.3) is 0 Å². The van der Waals surface area contributed by atoms with Crippen LogP contribution in [0.15, 0.2) is 35.4 Å². The van der Waals surface area contributed by atoms with Crippen molar-refractivity contribution in [3.63, 3.8) is 0 Å². The molecule has 0 bridgehead atoms. The molecule has 0 aliphatic carbocycles. The van der Waals surface area contributed by atoms with E-state index in [-0.39, 0.29) is 0 Å². The minimum absolute atomic E-state index is 0.551. The average molecular weight is 245 g/mol. The normalized spacial score (nSPS) is 18.3. The summed E-state index contributed by atoms with van der Waals surface area (Å²) in [6, 6.07) is 8.63. The zero-order valence-electron chi connectivity index (χ0n) is 9.76. The predicted octanol–water partition coefficient (Wildman–Crippen LogP) is 2.66. The maximum Gasteiger partial charge on any atom is 0.148 e. The quantitative estimate of drug-likeness (QED) is 0.884. The molecule has 0 saturated heterocycles. The van der Waals surface area contributed by atoms with E-state index in [2.05, 4.69) is 29.4 Å². The lowest BCUT2D eigenvalue weighted by molar-refractivity contribution is 0.551. The zero-order valence-corrected chi connectivity index (χ0v) is 10.6. The summed E-state index contributed by atoms with van der Waals surface area (Å²) >= 11 is 1.93. The highest BCUT2D eigenvalue weighted by Crippen LogP contribution is 2.39. The van der Waals surface area contributed by atoms with Gasteiger partial charge in [-0.1, -0.05) is 18.2 Å². The Kier molecular flexibility index (Phi) is 2.59. The largest absolute Gasteiger partial charge is 0.382 e. The number of nitrogen functional groups attached to an aromatic ring is 1. The Morgan fingerprint density at radius 2 is 2.29 bits per heavy atom. The van der Waals surface area contributed by atoms with Crippen LogP contribution in [0.2, 0.25) is 0 Å². The summed E-state index contributed by atoms with van der Waals surface area (Å²) < 4.78 is 1.97. The number of nitrogens with zero attached hydrogens (tertiary/aromatic N) is 2. The second-order valence-electron chi connectivity index (χ2n) is 4.47. The number of rotatable bonds is 2.